The minimum absolute atomic E-state index is 0.182. The zero-order chi connectivity index (χ0) is 13.8. The van der Waals surface area contributed by atoms with Gasteiger partial charge in [-0.3, -0.25) is 4.79 Å². The van der Waals surface area contributed by atoms with Crippen LogP contribution in [-0.2, 0) is 11.2 Å². The van der Waals surface area contributed by atoms with E-state index >= 15 is 0 Å². The molecule has 2 rings (SSSR count). The molecule has 0 radical (unpaired) electrons. The van der Waals surface area contributed by atoms with E-state index in [0.717, 1.165) is 37.4 Å². The van der Waals surface area contributed by atoms with E-state index in [1.807, 2.05) is 30.0 Å². The summed E-state index contributed by atoms with van der Waals surface area (Å²) in [7, 11) is 3.95. The Morgan fingerprint density at radius 1 is 1.47 bits per heavy atom. The summed E-state index contributed by atoms with van der Waals surface area (Å²) in [4.78, 5) is 23.9. The smallest absolute Gasteiger partial charge is 0.219 e. The van der Waals surface area contributed by atoms with Gasteiger partial charge in [0.05, 0.1) is 0 Å². The van der Waals surface area contributed by atoms with Crippen molar-refractivity contribution in [2.24, 2.45) is 5.92 Å². The second-order valence-corrected chi connectivity index (χ2v) is 5.44. The highest BCUT2D eigenvalue weighted by molar-refractivity contribution is 5.73. The molecule has 0 bridgehead atoms. The van der Waals surface area contributed by atoms with Crippen molar-refractivity contribution in [2.75, 3.05) is 32.1 Å². The Bertz CT molecular complexity index is 447. The van der Waals surface area contributed by atoms with Crippen LogP contribution in [0.2, 0.25) is 0 Å². The summed E-state index contributed by atoms with van der Waals surface area (Å²) in [6.45, 7) is 3.41. The van der Waals surface area contributed by atoms with Gasteiger partial charge in [-0.05, 0) is 25.2 Å². The molecule has 1 atom stereocenters. The third-order valence-corrected chi connectivity index (χ3v) is 3.63. The van der Waals surface area contributed by atoms with Crippen molar-refractivity contribution in [3.63, 3.8) is 0 Å². The molecule has 5 nitrogen and oxygen atoms in total. The Labute approximate surface area is 114 Å². The molecule has 0 N–H and O–H groups in total. The summed E-state index contributed by atoms with van der Waals surface area (Å²) < 4.78 is 0. The van der Waals surface area contributed by atoms with Gasteiger partial charge in [0.2, 0.25) is 5.91 Å². The summed E-state index contributed by atoms with van der Waals surface area (Å²) in [6, 6.07) is 2.03. The number of piperidine rings is 1. The number of rotatable bonds is 3. The molecule has 0 saturated carbocycles. The van der Waals surface area contributed by atoms with Gasteiger partial charge in [-0.25, -0.2) is 9.97 Å². The van der Waals surface area contributed by atoms with E-state index in [-0.39, 0.29) is 5.91 Å². The monoisotopic (exact) mass is 262 g/mol. The lowest BCUT2D eigenvalue weighted by atomic mass is 9.93. The molecule has 2 heterocycles. The highest BCUT2D eigenvalue weighted by atomic mass is 16.2. The van der Waals surface area contributed by atoms with Crippen LogP contribution in [0.1, 0.15) is 25.5 Å². The molecule has 0 aliphatic carbocycles. The summed E-state index contributed by atoms with van der Waals surface area (Å²) in [6.07, 6.45) is 4.81. The normalized spacial score (nSPS) is 19.3. The lowest BCUT2D eigenvalue weighted by molar-refractivity contribution is -0.130. The quantitative estimate of drug-likeness (QED) is 0.825. The van der Waals surface area contributed by atoms with Crippen LogP contribution >= 0.6 is 0 Å². The lowest BCUT2D eigenvalue weighted by Crippen LogP contribution is -2.39. The van der Waals surface area contributed by atoms with Crippen molar-refractivity contribution >= 4 is 11.7 Å². The zero-order valence-corrected chi connectivity index (χ0v) is 12.0. The number of hydrogen-bond acceptors (Lipinski definition) is 4. The Kier molecular flexibility index (Phi) is 4.35. The third kappa shape index (κ3) is 3.66. The van der Waals surface area contributed by atoms with Gasteiger partial charge >= 0.3 is 0 Å². The zero-order valence-electron chi connectivity index (χ0n) is 12.0. The molecule has 1 saturated heterocycles. The van der Waals surface area contributed by atoms with E-state index in [2.05, 4.69) is 9.97 Å². The summed E-state index contributed by atoms with van der Waals surface area (Å²) in [5.74, 6) is 1.63. The molecule has 1 fully saturated rings. The molecule has 104 valence electrons. The molecular weight excluding hydrogens is 240 g/mol. The van der Waals surface area contributed by atoms with E-state index < -0.39 is 0 Å². The van der Waals surface area contributed by atoms with Crippen LogP contribution < -0.4 is 4.90 Å². The predicted octanol–water partition coefficient (Wildman–Crippen LogP) is 1.34. The molecule has 1 aromatic rings. The van der Waals surface area contributed by atoms with Crippen LogP contribution in [0.25, 0.3) is 0 Å². The number of nitrogens with zero attached hydrogens (tertiary/aromatic N) is 4. The van der Waals surface area contributed by atoms with Crippen molar-refractivity contribution in [2.45, 2.75) is 26.2 Å². The SMILES string of the molecule is CC(=O)N1CCCC(Cc2cc(N(C)C)ncn2)C1. The van der Waals surface area contributed by atoms with Crippen LogP contribution in [0.5, 0.6) is 0 Å². The molecule has 0 spiro atoms. The maximum Gasteiger partial charge on any atom is 0.219 e. The van der Waals surface area contributed by atoms with E-state index in [1.165, 1.54) is 6.42 Å². The van der Waals surface area contributed by atoms with Gasteiger partial charge < -0.3 is 9.80 Å². The predicted molar refractivity (Wildman–Crippen MR) is 75.0 cm³/mol. The molecule has 5 heteroatoms. The number of amides is 1. The van der Waals surface area contributed by atoms with Gasteiger partial charge in [0.25, 0.3) is 0 Å². The number of hydrogen-bond donors (Lipinski definition) is 0. The van der Waals surface area contributed by atoms with Crippen LogP contribution in [0.3, 0.4) is 0 Å². The average molecular weight is 262 g/mol. The Morgan fingerprint density at radius 2 is 2.26 bits per heavy atom. The summed E-state index contributed by atoms with van der Waals surface area (Å²) in [5, 5.41) is 0. The van der Waals surface area contributed by atoms with E-state index in [0.29, 0.717) is 5.92 Å². The van der Waals surface area contributed by atoms with Crippen LogP contribution in [0, 0.1) is 5.92 Å². The van der Waals surface area contributed by atoms with Crippen molar-refractivity contribution in [1.82, 2.24) is 14.9 Å². The molecule has 1 amide bonds. The molecule has 1 aromatic heterocycles. The fraction of sp³-hybridized carbons (Fsp3) is 0.643. The topological polar surface area (TPSA) is 49.3 Å². The van der Waals surface area contributed by atoms with Gasteiger partial charge in [-0.1, -0.05) is 0 Å². The first-order valence-corrected chi connectivity index (χ1v) is 6.80. The standard InChI is InChI=1S/C14H22N4O/c1-11(19)18-6-4-5-12(9-18)7-13-8-14(17(2)3)16-10-15-13/h8,10,12H,4-7,9H2,1-3H3. The van der Waals surface area contributed by atoms with Gasteiger partial charge in [0, 0.05) is 45.9 Å². The first kappa shape index (κ1) is 13.8. The van der Waals surface area contributed by atoms with Gasteiger partial charge in [-0.2, -0.15) is 0 Å². The Morgan fingerprint density at radius 3 is 2.95 bits per heavy atom. The van der Waals surface area contributed by atoms with Crippen molar-refractivity contribution in [3.8, 4) is 0 Å². The number of carbonyl (C=O) groups is 1. The van der Waals surface area contributed by atoms with Crippen LogP contribution in [0.4, 0.5) is 5.82 Å². The minimum atomic E-state index is 0.182. The highest BCUT2D eigenvalue weighted by Crippen LogP contribution is 2.21. The highest BCUT2D eigenvalue weighted by Gasteiger charge is 2.22. The van der Waals surface area contributed by atoms with Crippen LogP contribution in [0.15, 0.2) is 12.4 Å². The van der Waals surface area contributed by atoms with Crippen molar-refractivity contribution < 1.29 is 4.79 Å². The number of anilines is 1. The molecular formula is C14H22N4O. The third-order valence-electron chi connectivity index (χ3n) is 3.63. The van der Waals surface area contributed by atoms with Crippen molar-refractivity contribution in [1.29, 1.82) is 0 Å². The fourth-order valence-corrected chi connectivity index (χ4v) is 2.56. The maximum atomic E-state index is 11.4. The average Bonchev–Trinajstić information content (AvgIpc) is 2.39. The maximum absolute atomic E-state index is 11.4. The Hall–Kier alpha value is -1.65. The largest absolute Gasteiger partial charge is 0.363 e. The second-order valence-electron chi connectivity index (χ2n) is 5.44. The Balaban J connectivity index is 2.00. The molecule has 0 aromatic carbocycles. The number of likely N-dealkylation sites (tertiary alicyclic amines) is 1. The van der Waals surface area contributed by atoms with Crippen molar-refractivity contribution in [3.05, 3.63) is 18.1 Å². The van der Waals surface area contributed by atoms with Gasteiger partial charge in [0.15, 0.2) is 0 Å². The fourth-order valence-electron chi connectivity index (χ4n) is 2.56. The summed E-state index contributed by atoms with van der Waals surface area (Å²) >= 11 is 0. The van der Waals surface area contributed by atoms with E-state index in [9.17, 15) is 4.79 Å². The lowest BCUT2D eigenvalue weighted by Gasteiger charge is -2.32. The van der Waals surface area contributed by atoms with Gasteiger partial charge in [0.1, 0.15) is 12.1 Å². The number of aromatic nitrogens is 2. The first-order valence-electron chi connectivity index (χ1n) is 6.80. The van der Waals surface area contributed by atoms with E-state index in [4.69, 9.17) is 0 Å². The van der Waals surface area contributed by atoms with Gasteiger partial charge in [-0.15, -0.1) is 0 Å². The number of carbonyl (C=O) groups excluding carboxylic acids is 1. The summed E-state index contributed by atoms with van der Waals surface area (Å²) in [5.41, 5.74) is 1.06. The molecule has 1 unspecified atom stereocenters. The molecule has 1 aliphatic rings. The van der Waals surface area contributed by atoms with Crippen LogP contribution in [-0.4, -0.2) is 48.0 Å². The molecule has 1 aliphatic heterocycles. The minimum Gasteiger partial charge on any atom is -0.363 e. The second kappa shape index (κ2) is 5.99. The first-order chi connectivity index (χ1) is 9.06. The van der Waals surface area contributed by atoms with E-state index in [1.54, 1.807) is 13.3 Å². The molecule has 19 heavy (non-hydrogen) atoms.